The average Bonchev–Trinajstić information content (AvgIpc) is 2.85. The van der Waals surface area contributed by atoms with Gasteiger partial charge in [0.1, 0.15) is 24.0 Å². The van der Waals surface area contributed by atoms with E-state index in [1.54, 1.807) is 0 Å². The zero-order chi connectivity index (χ0) is 29.1. The van der Waals surface area contributed by atoms with Crippen molar-refractivity contribution in [2.24, 2.45) is 57.2 Å². The van der Waals surface area contributed by atoms with E-state index in [1.165, 1.54) is 19.8 Å². The van der Waals surface area contributed by atoms with Crippen molar-refractivity contribution >= 4 is 23.8 Å². The second-order valence-electron chi connectivity index (χ2n) is 15.1. The van der Waals surface area contributed by atoms with Crippen LogP contribution in [-0.2, 0) is 23.9 Å². The van der Waals surface area contributed by atoms with E-state index in [4.69, 9.17) is 4.74 Å². The van der Waals surface area contributed by atoms with Gasteiger partial charge in [0.25, 0.3) is 0 Å². The Bertz CT molecular complexity index is 1000. The summed E-state index contributed by atoms with van der Waals surface area (Å²) in [6, 6.07) is 0. The summed E-state index contributed by atoms with van der Waals surface area (Å²) in [6.07, 6.45) is 6.62. The number of hydrogen-bond acceptors (Lipinski definition) is 6. The topological polar surface area (TPSA) is 97.7 Å². The van der Waals surface area contributed by atoms with Gasteiger partial charge in [-0.1, -0.05) is 61.3 Å². The summed E-state index contributed by atoms with van der Waals surface area (Å²) in [5.41, 5.74) is -0.861. The monoisotopic (exact) mass is 544 g/mol. The number of carbonyl (C=O) groups is 4. The standard InChI is InChI=1S/C33H52O6/c1-9-30(5)12-10-13-31(6)24(30)11-14-32(7)25(31)17-27(37)33(8)21(18-34)29(20(4)35)23(16-26(32)33)39-28(38)15-22(36)19(2)3/h18-19,21-26,29,36H,9-17H2,1-8H3/t21-,22+,23+,24-,25+,26-,29-,30-,31-,32+,33+/m0/s1. The van der Waals surface area contributed by atoms with Gasteiger partial charge in [0.05, 0.1) is 18.4 Å². The molecule has 4 saturated carbocycles. The predicted octanol–water partition coefficient (Wildman–Crippen LogP) is 5.96. The minimum atomic E-state index is -0.963. The summed E-state index contributed by atoms with van der Waals surface area (Å²) in [5, 5.41) is 10.3. The van der Waals surface area contributed by atoms with Crippen LogP contribution in [0.4, 0.5) is 0 Å². The third kappa shape index (κ3) is 4.55. The molecule has 4 rings (SSSR count). The van der Waals surface area contributed by atoms with Crippen LogP contribution >= 0.6 is 0 Å². The minimum absolute atomic E-state index is 0.0364. The number of carbonyl (C=O) groups excluding carboxylic acids is 4. The van der Waals surface area contributed by atoms with Gasteiger partial charge >= 0.3 is 5.97 Å². The van der Waals surface area contributed by atoms with E-state index in [9.17, 15) is 24.3 Å². The predicted molar refractivity (Wildman–Crippen MR) is 150 cm³/mol. The number of esters is 1. The highest BCUT2D eigenvalue weighted by Gasteiger charge is 2.71. The molecule has 4 aliphatic carbocycles. The lowest BCUT2D eigenvalue weighted by Gasteiger charge is -2.70. The van der Waals surface area contributed by atoms with E-state index in [1.807, 2.05) is 20.8 Å². The van der Waals surface area contributed by atoms with Crippen LogP contribution < -0.4 is 0 Å². The fourth-order valence-electron chi connectivity index (χ4n) is 10.5. The normalized spacial score (nSPS) is 46.5. The number of Topliss-reactive ketones (excluding diaryl/α,β-unsaturated/α-hetero) is 2. The first-order chi connectivity index (χ1) is 18.1. The molecule has 11 atom stereocenters. The fourth-order valence-corrected chi connectivity index (χ4v) is 10.5. The van der Waals surface area contributed by atoms with Crippen molar-refractivity contribution in [2.45, 2.75) is 125 Å². The van der Waals surface area contributed by atoms with Crippen molar-refractivity contribution in [2.75, 3.05) is 0 Å². The van der Waals surface area contributed by atoms with Crippen molar-refractivity contribution in [1.29, 1.82) is 0 Å². The Morgan fingerprint density at radius 3 is 2.26 bits per heavy atom. The van der Waals surface area contributed by atoms with Gasteiger partial charge in [-0.2, -0.15) is 0 Å². The summed E-state index contributed by atoms with van der Waals surface area (Å²) >= 11 is 0. The molecule has 0 saturated heterocycles. The van der Waals surface area contributed by atoms with Crippen LogP contribution in [-0.4, -0.2) is 41.1 Å². The maximum atomic E-state index is 14.3. The van der Waals surface area contributed by atoms with E-state index in [-0.39, 0.29) is 52.0 Å². The van der Waals surface area contributed by atoms with E-state index in [0.717, 1.165) is 32.0 Å². The van der Waals surface area contributed by atoms with Crippen LogP contribution in [0.25, 0.3) is 0 Å². The van der Waals surface area contributed by atoms with Crippen molar-refractivity contribution < 1.29 is 29.0 Å². The molecule has 6 heteroatoms. The molecule has 0 spiro atoms. The number of aliphatic hydroxyl groups excluding tert-OH is 1. The molecule has 0 heterocycles. The maximum Gasteiger partial charge on any atom is 0.308 e. The highest BCUT2D eigenvalue weighted by molar-refractivity contribution is 5.93. The van der Waals surface area contributed by atoms with E-state index in [2.05, 4.69) is 27.7 Å². The van der Waals surface area contributed by atoms with Crippen molar-refractivity contribution in [3.63, 3.8) is 0 Å². The zero-order valence-corrected chi connectivity index (χ0v) is 25.5. The second kappa shape index (κ2) is 10.4. The molecule has 220 valence electrons. The molecule has 0 radical (unpaired) electrons. The molecule has 4 aliphatic rings. The van der Waals surface area contributed by atoms with Gasteiger partial charge in [-0.3, -0.25) is 14.4 Å². The molecule has 0 aromatic rings. The van der Waals surface area contributed by atoms with Gasteiger partial charge in [-0.15, -0.1) is 0 Å². The molecule has 0 amide bonds. The second-order valence-corrected chi connectivity index (χ2v) is 15.1. The van der Waals surface area contributed by atoms with Crippen molar-refractivity contribution in [3.05, 3.63) is 0 Å². The quantitative estimate of drug-likeness (QED) is 0.314. The highest BCUT2D eigenvalue weighted by atomic mass is 16.5. The SMILES string of the molecule is CC[C@@]1(C)CCC[C@]2(C)[C@H]3CC(=O)[C@]4(C)[C@@H](C=O)[C@H](C(C)=O)[C@H](OC(=O)C[C@@H](O)C(C)C)C[C@H]4[C@]3(C)CC[C@@H]12. The fraction of sp³-hybridized carbons (Fsp3) is 0.879. The lowest BCUT2D eigenvalue weighted by atomic mass is 9.34. The largest absolute Gasteiger partial charge is 0.461 e. The van der Waals surface area contributed by atoms with E-state index >= 15 is 0 Å². The van der Waals surface area contributed by atoms with Gasteiger partial charge < -0.3 is 14.6 Å². The van der Waals surface area contributed by atoms with Crippen molar-refractivity contribution in [3.8, 4) is 0 Å². The molecular formula is C33H52O6. The van der Waals surface area contributed by atoms with Gasteiger partial charge in [0.15, 0.2) is 0 Å². The number of hydrogen-bond donors (Lipinski definition) is 1. The average molecular weight is 545 g/mol. The maximum absolute atomic E-state index is 14.3. The summed E-state index contributed by atoms with van der Waals surface area (Å²) in [6.45, 7) is 16.5. The van der Waals surface area contributed by atoms with Crippen LogP contribution in [0, 0.1) is 57.2 Å². The number of rotatable bonds is 7. The summed E-state index contributed by atoms with van der Waals surface area (Å²) in [5.74, 6) is -1.87. The van der Waals surface area contributed by atoms with E-state index < -0.39 is 35.4 Å². The molecule has 4 fully saturated rings. The van der Waals surface area contributed by atoms with Gasteiger partial charge in [-0.05, 0) is 78.9 Å². The van der Waals surface area contributed by atoms with Crippen molar-refractivity contribution in [1.82, 2.24) is 0 Å². The molecule has 0 unspecified atom stereocenters. The van der Waals surface area contributed by atoms with Gasteiger partial charge in [0, 0.05) is 17.8 Å². The molecule has 0 aromatic carbocycles. The first-order valence-electron chi connectivity index (χ1n) is 15.5. The molecular weight excluding hydrogens is 492 g/mol. The highest BCUT2D eigenvalue weighted by Crippen LogP contribution is 2.73. The zero-order valence-electron chi connectivity index (χ0n) is 25.5. The smallest absolute Gasteiger partial charge is 0.308 e. The van der Waals surface area contributed by atoms with Crippen LogP contribution in [0.15, 0.2) is 0 Å². The summed E-state index contributed by atoms with van der Waals surface area (Å²) in [4.78, 5) is 53.0. The summed E-state index contributed by atoms with van der Waals surface area (Å²) in [7, 11) is 0. The minimum Gasteiger partial charge on any atom is -0.461 e. The van der Waals surface area contributed by atoms with Gasteiger partial charge in [0.2, 0.25) is 0 Å². The lowest BCUT2D eigenvalue weighted by Crippen LogP contribution is -2.68. The molecule has 0 aliphatic heterocycles. The molecule has 1 N–H and O–H groups in total. The molecule has 0 aromatic heterocycles. The Morgan fingerprint density at radius 1 is 1.05 bits per heavy atom. The Balaban J connectivity index is 1.75. The third-order valence-electron chi connectivity index (χ3n) is 13.0. The number of aldehydes is 1. The molecule has 0 bridgehead atoms. The number of ketones is 2. The van der Waals surface area contributed by atoms with Crippen LogP contribution in [0.2, 0.25) is 0 Å². The number of ether oxygens (including phenoxy) is 1. The number of fused-ring (bicyclic) bond motifs is 5. The molecule has 6 nitrogen and oxygen atoms in total. The Labute approximate surface area is 235 Å². The first-order valence-corrected chi connectivity index (χ1v) is 15.5. The van der Waals surface area contributed by atoms with Gasteiger partial charge in [-0.25, -0.2) is 0 Å². The Kier molecular flexibility index (Phi) is 8.08. The van der Waals surface area contributed by atoms with Crippen LogP contribution in [0.1, 0.15) is 113 Å². The Morgan fingerprint density at radius 2 is 1.69 bits per heavy atom. The third-order valence-corrected chi connectivity index (χ3v) is 13.0. The Hall–Kier alpha value is -1.56. The van der Waals surface area contributed by atoms with Crippen LogP contribution in [0.5, 0.6) is 0 Å². The number of aliphatic hydroxyl groups is 1. The molecule has 39 heavy (non-hydrogen) atoms. The van der Waals surface area contributed by atoms with E-state index in [0.29, 0.717) is 18.8 Å². The lowest BCUT2D eigenvalue weighted by molar-refractivity contribution is -0.224. The first kappa shape index (κ1) is 30.4. The van der Waals surface area contributed by atoms with Crippen LogP contribution in [0.3, 0.4) is 0 Å². The summed E-state index contributed by atoms with van der Waals surface area (Å²) < 4.78 is 5.96.